The normalized spacial score (nSPS) is 13.6. The summed E-state index contributed by atoms with van der Waals surface area (Å²) in [6, 6.07) is 9.84. The number of hydrogen-bond donors (Lipinski definition) is 3. The number of nitrogens with one attached hydrogen (secondary N) is 3. The molecule has 0 saturated heterocycles. The van der Waals surface area contributed by atoms with Crippen molar-refractivity contribution in [1.29, 1.82) is 0 Å². The van der Waals surface area contributed by atoms with Crippen LogP contribution in [0, 0.1) is 5.82 Å². The lowest BCUT2D eigenvalue weighted by molar-refractivity contribution is 0.251. The van der Waals surface area contributed by atoms with E-state index in [1.165, 1.54) is 12.3 Å². The quantitative estimate of drug-likeness (QED) is 0.808. The van der Waals surface area contributed by atoms with Crippen LogP contribution in [0.4, 0.5) is 26.4 Å². The van der Waals surface area contributed by atoms with Crippen LogP contribution >= 0.6 is 0 Å². The van der Waals surface area contributed by atoms with E-state index in [2.05, 4.69) is 20.9 Å². The van der Waals surface area contributed by atoms with Crippen molar-refractivity contribution in [3.63, 3.8) is 0 Å². The summed E-state index contributed by atoms with van der Waals surface area (Å²) >= 11 is 0. The van der Waals surface area contributed by atoms with Gasteiger partial charge in [0.25, 0.3) is 0 Å². The van der Waals surface area contributed by atoms with Gasteiger partial charge in [-0.05, 0) is 37.1 Å². The number of carbonyl (C=O) groups excluding carboxylic acids is 1. The highest BCUT2D eigenvalue weighted by Crippen LogP contribution is 2.20. The number of hydrogen-bond acceptors (Lipinski definition) is 3. The summed E-state index contributed by atoms with van der Waals surface area (Å²) < 4.78 is 13.5. The van der Waals surface area contributed by atoms with E-state index in [0.29, 0.717) is 23.2 Å². The van der Waals surface area contributed by atoms with Crippen LogP contribution in [0.3, 0.4) is 0 Å². The molecule has 1 saturated carbocycles. The third kappa shape index (κ3) is 3.68. The highest BCUT2D eigenvalue weighted by Gasteiger charge is 2.23. The number of carbonyl (C=O) groups is 1. The minimum absolute atomic E-state index is 0.228. The molecule has 1 aliphatic carbocycles. The maximum Gasteiger partial charge on any atom is 0.319 e. The largest absolute Gasteiger partial charge is 0.338 e. The molecule has 0 unspecified atom stereocenters. The molecule has 0 spiro atoms. The van der Waals surface area contributed by atoms with Gasteiger partial charge in [0.15, 0.2) is 0 Å². The molecule has 1 heterocycles. The molecule has 1 aromatic carbocycles. The molecule has 0 aliphatic heterocycles. The standard InChI is InChI=1S/C15H15FN4O/c16-12-3-1-2-4-13(12)20-14-8-7-11(9-17-14)19-15(21)18-10-5-6-10/h1-4,7-10H,5-6H2,(H,17,20)(H2,18,19,21). The lowest BCUT2D eigenvalue weighted by Gasteiger charge is -2.09. The van der Waals surface area contributed by atoms with Crippen LogP contribution in [0.2, 0.25) is 0 Å². The van der Waals surface area contributed by atoms with Crippen molar-refractivity contribution in [2.24, 2.45) is 0 Å². The molecule has 1 aromatic heterocycles. The first-order valence-electron chi connectivity index (χ1n) is 6.76. The van der Waals surface area contributed by atoms with Crippen LogP contribution in [0.25, 0.3) is 0 Å². The van der Waals surface area contributed by atoms with Crippen LogP contribution in [-0.2, 0) is 0 Å². The third-order valence-corrected chi connectivity index (χ3v) is 3.07. The van der Waals surface area contributed by atoms with Gasteiger partial charge in [0.2, 0.25) is 0 Å². The smallest absolute Gasteiger partial charge is 0.319 e. The fourth-order valence-corrected chi connectivity index (χ4v) is 1.82. The second-order valence-corrected chi connectivity index (χ2v) is 4.91. The first kappa shape index (κ1) is 13.4. The van der Waals surface area contributed by atoms with E-state index in [1.807, 2.05) is 0 Å². The number of nitrogens with zero attached hydrogens (tertiary/aromatic N) is 1. The second-order valence-electron chi connectivity index (χ2n) is 4.91. The van der Waals surface area contributed by atoms with Gasteiger partial charge >= 0.3 is 6.03 Å². The Morgan fingerprint density at radius 3 is 2.67 bits per heavy atom. The zero-order chi connectivity index (χ0) is 14.7. The molecule has 3 rings (SSSR count). The number of pyridine rings is 1. The van der Waals surface area contributed by atoms with E-state index < -0.39 is 0 Å². The molecular weight excluding hydrogens is 271 g/mol. The Hall–Kier alpha value is -2.63. The molecule has 6 heteroatoms. The maximum atomic E-state index is 13.5. The summed E-state index contributed by atoms with van der Waals surface area (Å²) in [4.78, 5) is 15.7. The summed E-state index contributed by atoms with van der Waals surface area (Å²) in [6.45, 7) is 0. The molecule has 21 heavy (non-hydrogen) atoms. The predicted molar refractivity (Wildman–Crippen MR) is 79.1 cm³/mol. The first-order chi connectivity index (χ1) is 10.2. The van der Waals surface area contributed by atoms with E-state index in [1.54, 1.807) is 30.3 Å². The van der Waals surface area contributed by atoms with Gasteiger partial charge in [0, 0.05) is 6.04 Å². The van der Waals surface area contributed by atoms with Gasteiger partial charge in [-0.3, -0.25) is 0 Å². The Balaban J connectivity index is 1.61. The van der Waals surface area contributed by atoms with Gasteiger partial charge in [-0.15, -0.1) is 0 Å². The Morgan fingerprint density at radius 2 is 2.00 bits per heavy atom. The van der Waals surface area contributed by atoms with Crippen molar-refractivity contribution in [3.8, 4) is 0 Å². The molecule has 0 atom stereocenters. The van der Waals surface area contributed by atoms with Crippen molar-refractivity contribution in [3.05, 3.63) is 48.4 Å². The molecule has 2 amide bonds. The Kier molecular flexibility index (Phi) is 3.68. The molecule has 3 N–H and O–H groups in total. The van der Waals surface area contributed by atoms with Crippen LogP contribution in [0.15, 0.2) is 42.6 Å². The molecule has 1 aliphatic rings. The minimum atomic E-state index is -0.342. The molecular formula is C15H15FN4O. The van der Waals surface area contributed by atoms with Gasteiger partial charge in [-0.2, -0.15) is 0 Å². The summed E-state index contributed by atoms with van der Waals surface area (Å²) in [5.74, 6) is 0.165. The number of aromatic nitrogens is 1. The van der Waals surface area contributed by atoms with Gasteiger partial charge < -0.3 is 16.0 Å². The zero-order valence-electron chi connectivity index (χ0n) is 11.3. The van der Waals surface area contributed by atoms with Gasteiger partial charge in [-0.25, -0.2) is 14.2 Å². The second kappa shape index (κ2) is 5.78. The molecule has 0 radical (unpaired) electrons. The SMILES string of the molecule is O=C(Nc1ccc(Nc2ccccc2F)nc1)NC1CC1. The zero-order valence-corrected chi connectivity index (χ0v) is 11.3. The van der Waals surface area contributed by atoms with Crippen molar-refractivity contribution in [2.45, 2.75) is 18.9 Å². The van der Waals surface area contributed by atoms with Crippen LogP contribution in [-0.4, -0.2) is 17.1 Å². The Bertz CT molecular complexity index is 640. The minimum Gasteiger partial charge on any atom is -0.338 e. The molecule has 2 aromatic rings. The maximum absolute atomic E-state index is 13.5. The van der Waals surface area contributed by atoms with Gasteiger partial charge in [-0.1, -0.05) is 12.1 Å². The Labute approximate surface area is 121 Å². The monoisotopic (exact) mass is 286 g/mol. The number of para-hydroxylation sites is 1. The Morgan fingerprint density at radius 1 is 1.19 bits per heavy atom. The van der Waals surface area contributed by atoms with E-state index >= 15 is 0 Å². The summed E-state index contributed by atoms with van der Waals surface area (Å²) in [5, 5.41) is 8.40. The van der Waals surface area contributed by atoms with E-state index in [9.17, 15) is 9.18 Å². The molecule has 5 nitrogen and oxygen atoms in total. The number of urea groups is 1. The van der Waals surface area contributed by atoms with Gasteiger partial charge in [0.1, 0.15) is 11.6 Å². The fourth-order valence-electron chi connectivity index (χ4n) is 1.82. The number of halogens is 1. The summed E-state index contributed by atoms with van der Waals surface area (Å²) in [7, 11) is 0. The highest BCUT2D eigenvalue weighted by molar-refractivity contribution is 5.89. The van der Waals surface area contributed by atoms with Crippen molar-refractivity contribution < 1.29 is 9.18 Å². The van der Waals surface area contributed by atoms with Gasteiger partial charge in [0.05, 0.1) is 17.6 Å². The van der Waals surface area contributed by atoms with E-state index in [0.717, 1.165) is 12.8 Å². The lowest BCUT2D eigenvalue weighted by Crippen LogP contribution is -2.30. The van der Waals surface area contributed by atoms with E-state index in [4.69, 9.17) is 0 Å². The highest BCUT2D eigenvalue weighted by atomic mass is 19.1. The fraction of sp³-hybridized carbons (Fsp3) is 0.200. The van der Waals surface area contributed by atoms with Crippen LogP contribution in [0.1, 0.15) is 12.8 Å². The van der Waals surface area contributed by atoms with Crippen molar-refractivity contribution >= 4 is 23.2 Å². The first-order valence-corrected chi connectivity index (χ1v) is 6.76. The molecule has 108 valence electrons. The number of amides is 2. The molecule has 1 fully saturated rings. The number of benzene rings is 1. The molecule has 0 bridgehead atoms. The summed E-state index contributed by atoms with van der Waals surface area (Å²) in [5.41, 5.74) is 0.949. The average Bonchev–Trinajstić information content (AvgIpc) is 3.27. The predicted octanol–water partition coefficient (Wildman–Crippen LogP) is 3.25. The lowest BCUT2D eigenvalue weighted by atomic mass is 10.3. The van der Waals surface area contributed by atoms with Crippen LogP contribution < -0.4 is 16.0 Å². The average molecular weight is 286 g/mol. The van der Waals surface area contributed by atoms with Crippen molar-refractivity contribution in [1.82, 2.24) is 10.3 Å². The number of rotatable bonds is 4. The van der Waals surface area contributed by atoms with Crippen molar-refractivity contribution in [2.75, 3.05) is 10.6 Å². The van der Waals surface area contributed by atoms with E-state index in [-0.39, 0.29) is 11.8 Å². The topological polar surface area (TPSA) is 66.0 Å². The number of anilines is 3. The summed E-state index contributed by atoms with van der Waals surface area (Å²) in [6.07, 6.45) is 3.60. The third-order valence-electron chi connectivity index (χ3n) is 3.07. The van der Waals surface area contributed by atoms with Crippen LogP contribution in [0.5, 0.6) is 0 Å².